The first-order valence-corrected chi connectivity index (χ1v) is 6.56. The van der Waals surface area contributed by atoms with Gasteiger partial charge < -0.3 is 9.67 Å². The van der Waals surface area contributed by atoms with Gasteiger partial charge in [0.25, 0.3) is 0 Å². The largest absolute Gasteiger partial charge is 0.481 e. The maximum atomic E-state index is 10.6. The molecule has 0 aliphatic heterocycles. The number of aliphatic carboxylic acids is 1. The number of hydrogen-bond donors (Lipinski definition) is 1. The minimum atomic E-state index is -0.801. The summed E-state index contributed by atoms with van der Waals surface area (Å²) in [6.07, 6.45) is 2.34. The summed E-state index contributed by atoms with van der Waals surface area (Å²) in [5, 5.41) is 9.57. The van der Waals surface area contributed by atoms with Crippen LogP contribution >= 0.6 is 11.8 Å². The first-order valence-electron chi connectivity index (χ1n) is 5.57. The van der Waals surface area contributed by atoms with Crippen LogP contribution in [0.2, 0.25) is 0 Å². The number of para-hydroxylation sites is 2. The predicted octanol–water partition coefficient (Wildman–Crippen LogP) is 2.55. The standard InChI is InChI=1S/C12H12N2O2S/c15-11(16)7-17-12-13-9-3-1-2-4-10(9)14(12)8-5-6-8/h1-4,8H,5-7H2,(H,15,16). The molecule has 1 heterocycles. The van der Waals surface area contributed by atoms with Crippen molar-refractivity contribution >= 4 is 28.8 Å². The van der Waals surface area contributed by atoms with Crippen molar-refractivity contribution in [2.75, 3.05) is 5.75 Å². The van der Waals surface area contributed by atoms with Crippen molar-refractivity contribution < 1.29 is 9.90 Å². The fourth-order valence-electron chi connectivity index (χ4n) is 1.94. The third-order valence-electron chi connectivity index (χ3n) is 2.80. The van der Waals surface area contributed by atoms with Gasteiger partial charge in [-0.1, -0.05) is 23.9 Å². The van der Waals surface area contributed by atoms with Crippen molar-refractivity contribution in [1.29, 1.82) is 0 Å². The van der Waals surface area contributed by atoms with E-state index in [1.165, 1.54) is 24.6 Å². The normalized spacial score (nSPS) is 15.3. The Morgan fingerprint density at radius 1 is 1.47 bits per heavy atom. The van der Waals surface area contributed by atoms with Gasteiger partial charge in [-0.15, -0.1) is 0 Å². The average Bonchev–Trinajstić information content (AvgIpc) is 3.07. The second-order valence-electron chi connectivity index (χ2n) is 4.17. The lowest BCUT2D eigenvalue weighted by atomic mass is 10.3. The van der Waals surface area contributed by atoms with E-state index in [9.17, 15) is 4.79 Å². The van der Waals surface area contributed by atoms with E-state index in [1.807, 2.05) is 24.3 Å². The number of thioether (sulfide) groups is 1. The van der Waals surface area contributed by atoms with Gasteiger partial charge in [-0.3, -0.25) is 4.79 Å². The van der Waals surface area contributed by atoms with E-state index in [-0.39, 0.29) is 5.75 Å². The number of hydrogen-bond acceptors (Lipinski definition) is 3. The first kappa shape index (κ1) is 10.7. The Hall–Kier alpha value is -1.49. The quantitative estimate of drug-likeness (QED) is 0.845. The molecule has 0 bridgehead atoms. The number of benzene rings is 1. The fraction of sp³-hybridized carbons (Fsp3) is 0.333. The molecule has 88 valence electrons. The molecule has 0 amide bonds. The zero-order valence-corrected chi connectivity index (χ0v) is 9.98. The smallest absolute Gasteiger partial charge is 0.313 e. The molecule has 4 nitrogen and oxygen atoms in total. The lowest BCUT2D eigenvalue weighted by molar-refractivity contribution is -0.133. The number of carboxylic acids is 1. The highest BCUT2D eigenvalue weighted by Gasteiger charge is 2.28. The molecule has 1 aromatic heterocycles. The molecule has 0 saturated heterocycles. The van der Waals surface area contributed by atoms with E-state index >= 15 is 0 Å². The Morgan fingerprint density at radius 2 is 2.24 bits per heavy atom. The molecule has 1 fully saturated rings. The van der Waals surface area contributed by atoms with Crippen LogP contribution in [0.5, 0.6) is 0 Å². The van der Waals surface area contributed by atoms with Crippen molar-refractivity contribution in [2.45, 2.75) is 24.0 Å². The maximum Gasteiger partial charge on any atom is 0.313 e. The van der Waals surface area contributed by atoms with E-state index < -0.39 is 5.97 Å². The summed E-state index contributed by atoms with van der Waals surface area (Å²) in [5.74, 6) is -0.736. The van der Waals surface area contributed by atoms with Crippen LogP contribution in [-0.4, -0.2) is 26.4 Å². The van der Waals surface area contributed by atoms with Crippen LogP contribution in [0.25, 0.3) is 11.0 Å². The minimum Gasteiger partial charge on any atom is -0.481 e. The lowest BCUT2D eigenvalue weighted by Crippen LogP contribution is -2.01. The highest BCUT2D eigenvalue weighted by molar-refractivity contribution is 7.99. The molecule has 0 radical (unpaired) electrons. The minimum absolute atomic E-state index is 0.0655. The Kier molecular flexibility index (Phi) is 2.55. The molecule has 17 heavy (non-hydrogen) atoms. The molecular weight excluding hydrogens is 236 g/mol. The molecule has 3 rings (SSSR count). The van der Waals surface area contributed by atoms with Crippen LogP contribution in [0.1, 0.15) is 18.9 Å². The Balaban J connectivity index is 2.03. The molecule has 2 aromatic rings. The summed E-state index contributed by atoms with van der Waals surface area (Å²) in [4.78, 5) is 15.1. The van der Waals surface area contributed by atoms with Crippen molar-refractivity contribution in [3.8, 4) is 0 Å². The molecule has 1 N–H and O–H groups in total. The van der Waals surface area contributed by atoms with Crippen molar-refractivity contribution in [3.05, 3.63) is 24.3 Å². The number of imidazole rings is 1. The molecule has 0 atom stereocenters. The van der Waals surface area contributed by atoms with Gasteiger partial charge in [0.15, 0.2) is 5.16 Å². The van der Waals surface area contributed by atoms with Crippen LogP contribution in [0, 0.1) is 0 Å². The molecule has 1 aliphatic carbocycles. The highest BCUT2D eigenvalue weighted by atomic mass is 32.2. The van der Waals surface area contributed by atoms with Crippen molar-refractivity contribution in [2.24, 2.45) is 0 Å². The SMILES string of the molecule is O=C(O)CSc1nc2ccccc2n1C1CC1. The number of nitrogens with zero attached hydrogens (tertiary/aromatic N) is 2. The molecule has 1 saturated carbocycles. The zero-order chi connectivity index (χ0) is 11.8. The van der Waals surface area contributed by atoms with Gasteiger partial charge in [0, 0.05) is 6.04 Å². The van der Waals surface area contributed by atoms with Crippen LogP contribution in [0.15, 0.2) is 29.4 Å². The van der Waals surface area contributed by atoms with Crippen molar-refractivity contribution in [1.82, 2.24) is 9.55 Å². The van der Waals surface area contributed by atoms with E-state index in [1.54, 1.807) is 0 Å². The Bertz CT molecular complexity index is 575. The second-order valence-corrected chi connectivity index (χ2v) is 5.11. The average molecular weight is 248 g/mol. The van der Waals surface area contributed by atoms with Gasteiger partial charge >= 0.3 is 5.97 Å². The summed E-state index contributed by atoms with van der Waals surface area (Å²) in [6.45, 7) is 0. The number of fused-ring (bicyclic) bond motifs is 1. The second kappa shape index (κ2) is 4.07. The third-order valence-corrected chi connectivity index (χ3v) is 3.74. The van der Waals surface area contributed by atoms with Gasteiger partial charge in [-0.2, -0.15) is 0 Å². The zero-order valence-electron chi connectivity index (χ0n) is 9.17. The molecule has 1 aromatic carbocycles. The molecule has 0 unspecified atom stereocenters. The Morgan fingerprint density at radius 3 is 2.94 bits per heavy atom. The van der Waals surface area contributed by atoms with Gasteiger partial charge in [0.05, 0.1) is 16.8 Å². The van der Waals surface area contributed by atoms with E-state index in [2.05, 4.69) is 9.55 Å². The third kappa shape index (κ3) is 2.02. The number of carbonyl (C=O) groups is 1. The van der Waals surface area contributed by atoms with Gasteiger partial charge in [0.1, 0.15) is 0 Å². The summed E-state index contributed by atoms with van der Waals surface area (Å²) >= 11 is 1.30. The van der Waals surface area contributed by atoms with Crippen LogP contribution < -0.4 is 0 Å². The van der Waals surface area contributed by atoms with E-state index in [0.29, 0.717) is 6.04 Å². The summed E-state index contributed by atoms with van der Waals surface area (Å²) in [6, 6.07) is 8.48. The lowest BCUT2D eigenvalue weighted by Gasteiger charge is -2.05. The summed E-state index contributed by atoms with van der Waals surface area (Å²) in [5.41, 5.74) is 2.06. The monoisotopic (exact) mass is 248 g/mol. The van der Waals surface area contributed by atoms with E-state index in [0.717, 1.165) is 16.2 Å². The van der Waals surface area contributed by atoms with Gasteiger partial charge in [0.2, 0.25) is 0 Å². The van der Waals surface area contributed by atoms with Crippen LogP contribution in [0.4, 0.5) is 0 Å². The topological polar surface area (TPSA) is 55.1 Å². The molecule has 1 aliphatic rings. The van der Waals surface area contributed by atoms with Crippen molar-refractivity contribution in [3.63, 3.8) is 0 Å². The Labute approximate surface area is 103 Å². The number of aromatic nitrogens is 2. The predicted molar refractivity (Wildman–Crippen MR) is 66.4 cm³/mol. The van der Waals surface area contributed by atoms with Gasteiger partial charge in [-0.25, -0.2) is 4.98 Å². The number of rotatable bonds is 4. The maximum absolute atomic E-state index is 10.6. The van der Waals surface area contributed by atoms with Crippen LogP contribution in [0.3, 0.4) is 0 Å². The number of carboxylic acid groups (broad SMARTS) is 1. The van der Waals surface area contributed by atoms with E-state index in [4.69, 9.17) is 5.11 Å². The fourth-order valence-corrected chi connectivity index (χ4v) is 2.74. The molecular formula is C12H12N2O2S. The molecule has 0 spiro atoms. The summed E-state index contributed by atoms with van der Waals surface area (Å²) < 4.78 is 2.18. The highest BCUT2D eigenvalue weighted by Crippen LogP contribution is 2.40. The molecule has 5 heteroatoms. The van der Waals surface area contributed by atoms with Crippen LogP contribution in [-0.2, 0) is 4.79 Å². The summed E-state index contributed by atoms with van der Waals surface area (Å²) in [7, 11) is 0. The van der Waals surface area contributed by atoms with Gasteiger partial charge in [-0.05, 0) is 25.0 Å². The first-order chi connectivity index (χ1) is 8.25.